The summed E-state index contributed by atoms with van der Waals surface area (Å²) >= 11 is 5.80. The lowest BCUT2D eigenvalue weighted by atomic mass is 10.0. The average Bonchev–Trinajstić information content (AvgIpc) is 2.39. The smallest absolute Gasteiger partial charge is 0.0898 e. The Morgan fingerprint density at radius 2 is 1.95 bits per heavy atom. The molecular formula is C15H24ClNO3. The Balaban J connectivity index is 2.20. The van der Waals surface area contributed by atoms with Crippen LogP contribution in [0.1, 0.15) is 25.8 Å². The van der Waals surface area contributed by atoms with Gasteiger partial charge in [0.15, 0.2) is 0 Å². The summed E-state index contributed by atoms with van der Waals surface area (Å²) in [7, 11) is 0. The highest BCUT2D eigenvalue weighted by Gasteiger charge is 2.17. The van der Waals surface area contributed by atoms with E-state index in [0.717, 1.165) is 5.56 Å². The van der Waals surface area contributed by atoms with Crippen LogP contribution in [0, 0.1) is 0 Å². The summed E-state index contributed by atoms with van der Waals surface area (Å²) in [6, 6.07) is 7.43. The van der Waals surface area contributed by atoms with Crippen molar-refractivity contribution in [1.82, 2.24) is 5.32 Å². The fourth-order valence-corrected chi connectivity index (χ4v) is 1.84. The number of aliphatic hydroxyl groups is 2. The zero-order valence-corrected chi connectivity index (χ0v) is 12.9. The first-order valence-corrected chi connectivity index (χ1v) is 7.17. The molecule has 1 unspecified atom stereocenters. The van der Waals surface area contributed by atoms with Gasteiger partial charge in [-0.2, -0.15) is 0 Å². The van der Waals surface area contributed by atoms with Gasteiger partial charge in [0, 0.05) is 23.7 Å². The van der Waals surface area contributed by atoms with Crippen LogP contribution in [0.5, 0.6) is 0 Å². The van der Waals surface area contributed by atoms with E-state index in [1.165, 1.54) is 0 Å². The van der Waals surface area contributed by atoms with Crippen LogP contribution in [-0.4, -0.2) is 41.6 Å². The van der Waals surface area contributed by atoms with Crippen molar-refractivity contribution >= 4 is 11.6 Å². The molecule has 1 aromatic carbocycles. The monoisotopic (exact) mass is 301 g/mol. The third kappa shape index (κ3) is 7.22. The molecule has 1 atom stereocenters. The summed E-state index contributed by atoms with van der Waals surface area (Å²) in [5.41, 5.74) is 0.835. The second-order valence-corrected chi connectivity index (χ2v) is 5.97. The summed E-state index contributed by atoms with van der Waals surface area (Å²) in [4.78, 5) is 0. The van der Waals surface area contributed by atoms with Crippen molar-refractivity contribution in [1.29, 1.82) is 0 Å². The highest BCUT2D eigenvalue weighted by molar-refractivity contribution is 6.30. The fraction of sp³-hybridized carbons (Fsp3) is 0.600. The highest BCUT2D eigenvalue weighted by atomic mass is 35.5. The maximum Gasteiger partial charge on any atom is 0.0898 e. The third-order valence-corrected chi connectivity index (χ3v) is 3.30. The summed E-state index contributed by atoms with van der Waals surface area (Å²) in [5, 5.41) is 22.7. The molecule has 1 rings (SSSR count). The first-order chi connectivity index (χ1) is 9.43. The van der Waals surface area contributed by atoms with Gasteiger partial charge in [-0.1, -0.05) is 23.7 Å². The van der Waals surface area contributed by atoms with Gasteiger partial charge in [0.05, 0.1) is 19.3 Å². The molecule has 0 amide bonds. The number of nitrogens with one attached hydrogen (secondary N) is 1. The van der Waals surface area contributed by atoms with Gasteiger partial charge in [0.2, 0.25) is 0 Å². The summed E-state index contributed by atoms with van der Waals surface area (Å²) in [6.45, 7) is 5.27. The number of hydrogen-bond acceptors (Lipinski definition) is 4. The van der Waals surface area contributed by atoms with Gasteiger partial charge in [-0.05, 0) is 38.0 Å². The summed E-state index contributed by atoms with van der Waals surface area (Å²) in [6.07, 6.45) is 0.0750. The summed E-state index contributed by atoms with van der Waals surface area (Å²) in [5.74, 6) is 0. The van der Waals surface area contributed by atoms with Gasteiger partial charge >= 0.3 is 0 Å². The molecule has 5 heteroatoms. The molecule has 0 saturated carbocycles. The molecule has 0 aliphatic heterocycles. The van der Waals surface area contributed by atoms with Gasteiger partial charge in [0.1, 0.15) is 0 Å². The number of β-amino-alcohol motifs (C(OH)–C–C–N with tert-alkyl or cyclic N) is 1. The second kappa shape index (κ2) is 8.60. The van der Waals surface area contributed by atoms with Gasteiger partial charge < -0.3 is 20.3 Å². The first kappa shape index (κ1) is 17.4. The Kier molecular flexibility index (Phi) is 7.48. The molecule has 0 aliphatic carbocycles. The van der Waals surface area contributed by atoms with Gasteiger partial charge in [0.25, 0.3) is 0 Å². The predicted octanol–water partition coefficient (Wildman–Crippen LogP) is 1.97. The van der Waals surface area contributed by atoms with Gasteiger partial charge in [-0.25, -0.2) is 0 Å². The number of halogens is 1. The molecule has 0 aliphatic rings. The molecule has 0 bridgehead atoms. The molecule has 20 heavy (non-hydrogen) atoms. The maximum absolute atomic E-state index is 9.83. The first-order valence-electron chi connectivity index (χ1n) is 6.79. The summed E-state index contributed by atoms with van der Waals surface area (Å²) < 4.78 is 5.46. The van der Waals surface area contributed by atoms with Crippen molar-refractivity contribution < 1.29 is 14.9 Å². The molecule has 114 valence electrons. The highest BCUT2D eigenvalue weighted by Crippen LogP contribution is 2.10. The quantitative estimate of drug-likeness (QED) is 0.652. The van der Waals surface area contributed by atoms with E-state index in [-0.39, 0.29) is 18.8 Å². The van der Waals surface area contributed by atoms with E-state index in [2.05, 4.69) is 5.32 Å². The molecule has 0 radical (unpaired) electrons. The van der Waals surface area contributed by atoms with E-state index in [4.69, 9.17) is 21.4 Å². The zero-order valence-electron chi connectivity index (χ0n) is 12.1. The van der Waals surface area contributed by atoms with Crippen LogP contribution in [-0.2, 0) is 11.3 Å². The van der Waals surface area contributed by atoms with E-state index in [0.29, 0.717) is 24.6 Å². The standard InChI is InChI=1S/C15H24ClNO3/c1-15(2,7-8-18)17-9-14(19)11-20-10-12-3-5-13(16)6-4-12/h3-6,14,17-19H,7-11H2,1-2H3. The number of hydrogen-bond donors (Lipinski definition) is 3. The topological polar surface area (TPSA) is 61.7 Å². The third-order valence-electron chi connectivity index (χ3n) is 3.05. The maximum atomic E-state index is 9.83. The minimum atomic E-state index is -0.569. The van der Waals surface area contributed by atoms with Crippen molar-refractivity contribution in [3.8, 4) is 0 Å². The van der Waals surface area contributed by atoms with Crippen LogP contribution in [0.3, 0.4) is 0 Å². The van der Waals surface area contributed by atoms with Gasteiger partial charge in [-0.3, -0.25) is 0 Å². The van der Waals surface area contributed by atoms with E-state index in [1.54, 1.807) is 0 Å². The molecule has 0 heterocycles. The Hall–Kier alpha value is -0.650. The Morgan fingerprint density at radius 1 is 1.30 bits per heavy atom. The number of ether oxygens (including phenoxy) is 1. The fourth-order valence-electron chi connectivity index (χ4n) is 1.71. The molecule has 4 nitrogen and oxygen atoms in total. The molecule has 0 fully saturated rings. The van der Waals surface area contributed by atoms with E-state index in [1.807, 2.05) is 38.1 Å². The molecule has 1 aromatic rings. The SMILES string of the molecule is CC(C)(CCO)NCC(O)COCc1ccc(Cl)cc1. The van der Waals surface area contributed by atoms with E-state index >= 15 is 0 Å². The lowest BCUT2D eigenvalue weighted by Crippen LogP contribution is -2.45. The molecule has 0 aromatic heterocycles. The van der Waals surface area contributed by atoms with Crippen molar-refractivity contribution in [2.45, 2.75) is 38.5 Å². The zero-order chi connectivity index (χ0) is 15.0. The van der Waals surface area contributed by atoms with Crippen molar-refractivity contribution in [3.63, 3.8) is 0 Å². The van der Waals surface area contributed by atoms with E-state index in [9.17, 15) is 5.11 Å². The van der Waals surface area contributed by atoms with Crippen LogP contribution in [0.2, 0.25) is 5.02 Å². The van der Waals surface area contributed by atoms with Crippen molar-refractivity contribution in [2.24, 2.45) is 0 Å². The Morgan fingerprint density at radius 3 is 2.55 bits per heavy atom. The average molecular weight is 302 g/mol. The number of aliphatic hydroxyl groups excluding tert-OH is 2. The molecule has 0 spiro atoms. The van der Waals surface area contributed by atoms with Crippen LogP contribution in [0.4, 0.5) is 0 Å². The van der Waals surface area contributed by atoms with Crippen LogP contribution >= 0.6 is 11.6 Å². The molecule has 3 N–H and O–H groups in total. The Labute approximate surface area is 125 Å². The minimum absolute atomic E-state index is 0.128. The van der Waals surface area contributed by atoms with Crippen LogP contribution in [0.15, 0.2) is 24.3 Å². The van der Waals surface area contributed by atoms with Crippen molar-refractivity contribution in [3.05, 3.63) is 34.9 Å². The lowest BCUT2D eigenvalue weighted by Gasteiger charge is -2.27. The van der Waals surface area contributed by atoms with Crippen LogP contribution < -0.4 is 5.32 Å². The lowest BCUT2D eigenvalue weighted by molar-refractivity contribution is 0.0249. The number of benzene rings is 1. The van der Waals surface area contributed by atoms with E-state index < -0.39 is 6.10 Å². The largest absolute Gasteiger partial charge is 0.396 e. The Bertz CT molecular complexity index is 381. The predicted molar refractivity (Wildman–Crippen MR) is 80.9 cm³/mol. The van der Waals surface area contributed by atoms with Crippen molar-refractivity contribution in [2.75, 3.05) is 19.8 Å². The minimum Gasteiger partial charge on any atom is -0.396 e. The van der Waals surface area contributed by atoms with Crippen LogP contribution in [0.25, 0.3) is 0 Å². The molecule has 0 saturated heterocycles. The normalized spacial score (nSPS) is 13.4. The molecular weight excluding hydrogens is 278 g/mol. The number of rotatable bonds is 9. The van der Waals surface area contributed by atoms with Gasteiger partial charge in [-0.15, -0.1) is 0 Å². The second-order valence-electron chi connectivity index (χ2n) is 5.53.